The summed E-state index contributed by atoms with van der Waals surface area (Å²) in [5, 5.41) is 9.44. The smallest absolute Gasteiger partial charge is 0.146 e. The van der Waals surface area contributed by atoms with E-state index in [1.807, 2.05) is 4.90 Å². The lowest BCUT2D eigenvalue weighted by molar-refractivity contribution is -0.00461. The molecule has 19 heavy (non-hydrogen) atoms. The molecule has 2 rings (SSSR count). The highest BCUT2D eigenvalue weighted by molar-refractivity contribution is 5.51. The number of hydrogen-bond donors (Lipinski definition) is 1. The fourth-order valence-corrected chi connectivity index (χ4v) is 2.43. The van der Waals surface area contributed by atoms with Gasteiger partial charge < -0.3 is 19.5 Å². The van der Waals surface area contributed by atoms with Gasteiger partial charge in [0.2, 0.25) is 0 Å². The van der Waals surface area contributed by atoms with Crippen LogP contribution in [-0.2, 0) is 9.47 Å². The lowest BCUT2D eigenvalue weighted by atomic mass is 10.1. The SMILES string of the molecule is COC1CN(c2ccc([C@H](C)O)cc2F)CC1OC. The molecule has 1 aliphatic heterocycles. The third kappa shape index (κ3) is 2.88. The van der Waals surface area contributed by atoms with Crippen LogP contribution in [0.15, 0.2) is 18.2 Å². The van der Waals surface area contributed by atoms with E-state index in [1.54, 1.807) is 33.3 Å². The number of anilines is 1. The molecule has 106 valence electrons. The van der Waals surface area contributed by atoms with Crippen LogP contribution in [0.4, 0.5) is 10.1 Å². The first kappa shape index (κ1) is 14.2. The number of hydrogen-bond acceptors (Lipinski definition) is 4. The Morgan fingerprint density at radius 3 is 2.26 bits per heavy atom. The quantitative estimate of drug-likeness (QED) is 0.904. The van der Waals surface area contributed by atoms with Gasteiger partial charge in [-0.2, -0.15) is 0 Å². The van der Waals surface area contributed by atoms with Gasteiger partial charge in [-0.15, -0.1) is 0 Å². The van der Waals surface area contributed by atoms with Crippen molar-refractivity contribution >= 4 is 5.69 Å². The van der Waals surface area contributed by atoms with E-state index in [4.69, 9.17) is 9.47 Å². The molecule has 0 amide bonds. The molecule has 0 aromatic heterocycles. The number of aliphatic hydroxyl groups is 1. The highest BCUT2D eigenvalue weighted by atomic mass is 19.1. The van der Waals surface area contributed by atoms with Gasteiger partial charge in [0.1, 0.15) is 18.0 Å². The molecular weight excluding hydrogens is 249 g/mol. The molecule has 0 spiro atoms. The summed E-state index contributed by atoms with van der Waals surface area (Å²) in [6.07, 6.45) is -0.776. The van der Waals surface area contributed by atoms with Crippen molar-refractivity contribution in [2.45, 2.75) is 25.2 Å². The largest absolute Gasteiger partial charge is 0.389 e. The molecule has 0 bridgehead atoms. The second-order valence-corrected chi connectivity index (χ2v) is 4.84. The zero-order valence-corrected chi connectivity index (χ0v) is 11.5. The average Bonchev–Trinajstić information content (AvgIpc) is 2.81. The second kappa shape index (κ2) is 5.86. The van der Waals surface area contributed by atoms with Crippen molar-refractivity contribution in [2.75, 3.05) is 32.2 Å². The molecule has 2 unspecified atom stereocenters. The summed E-state index contributed by atoms with van der Waals surface area (Å²) >= 11 is 0. The Labute approximate surface area is 112 Å². The molecule has 1 aromatic rings. The molecule has 1 saturated heterocycles. The molecule has 1 aliphatic rings. The predicted octanol–water partition coefficient (Wildman–Crippen LogP) is 1.73. The van der Waals surface area contributed by atoms with E-state index in [2.05, 4.69) is 0 Å². The summed E-state index contributed by atoms with van der Waals surface area (Å²) in [5.41, 5.74) is 1.10. The van der Waals surface area contributed by atoms with Crippen molar-refractivity contribution in [3.8, 4) is 0 Å². The van der Waals surface area contributed by atoms with Crippen molar-refractivity contribution in [2.24, 2.45) is 0 Å². The Morgan fingerprint density at radius 2 is 1.84 bits per heavy atom. The molecule has 1 aromatic carbocycles. The lowest BCUT2D eigenvalue weighted by Crippen LogP contribution is -2.27. The van der Waals surface area contributed by atoms with E-state index < -0.39 is 6.10 Å². The Morgan fingerprint density at radius 1 is 1.26 bits per heavy atom. The molecule has 1 heterocycles. The molecule has 0 radical (unpaired) electrons. The van der Waals surface area contributed by atoms with Crippen LogP contribution in [0, 0.1) is 5.82 Å². The number of rotatable bonds is 4. The summed E-state index contributed by atoms with van der Waals surface area (Å²) in [6, 6.07) is 4.81. The molecule has 1 fully saturated rings. The first-order valence-electron chi connectivity index (χ1n) is 6.35. The van der Waals surface area contributed by atoms with Crippen LogP contribution in [0.25, 0.3) is 0 Å². The van der Waals surface area contributed by atoms with Crippen molar-refractivity contribution in [3.63, 3.8) is 0 Å². The standard InChI is InChI=1S/C14H20FNO3/c1-9(17)10-4-5-12(11(15)6-10)16-7-13(18-2)14(8-16)19-3/h4-6,9,13-14,17H,7-8H2,1-3H3/t9-,13?,14?/m0/s1. The fourth-order valence-electron chi connectivity index (χ4n) is 2.43. The molecular formula is C14H20FNO3. The van der Waals surface area contributed by atoms with Crippen LogP contribution in [0.3, 0.4) is 0 Å². The molecule has 0 aliphatic carbocycles. The first-order chi connectivity index (χ1) is 9.06. The van der Waals surface area contributed by atoms with Gasteiger partial charge in [0.15, 0.2) is 0 Å². The second-order valence-electron chi connectivity index (χ2n) is 4.84. The summed E-state index contributed by atoms with van der Waals surface area (Å²) in [4.78, 5) is 1.91. The van der Waals surface area contributed by atoms with Gasteiger partial charge in [0, 0.05) is 27.3 Å². The number of aliphatic hydroxyl groups excluding tert-OH is 1. The zero-order chi connectivity index (χ0) is 14.0. The van der Waals surface area contributed by atoms with Crippen molar-refractivity contribution in [1.29, 1.82) is 0 Å². The molecule has 1 N–H and O–H groups in total. The number of methoxy groups -OCH3 is 2. The number of nitrogens with zero attached hydrogens (tertiary/aromatic N) is 1. The maximum Gasteiger partial charge on any atom is 0.146 e. The Kier molecular flexibility index (Phi) is 4.39. The van der Waals surface area contributed by atoms with E-state index in [0.717, 1.165) is 0 Å². The Balaban J connectivity index is 2.19. The Hall–Kier alpha value is -1.17. The molecule has 4 nitrogen and oxygen atoms in total. The van der Waals surface area contributed by atoms with E-state index in [1.165, 1.54) is 6.07 Å². The highest BCUT2D eigenvalue weighted by Gasteiger charge is 2.34. The maximum atomic E-state index is 14.1. The normalized spacial score (nSPS) is 24.8. The molecule has 3 atom stereocenters. The van der Waals surface area contributed by atoms with Gasteiger partial charge in [-0.3, -0.25) is 0 Å². The van der Waals surface area contributed by atoms with Crippen LogP contribution >= 0.6 is 0 Å². The van der Waals surface area contributed by atoms with Crippen molar-refractivity contribution in [1.82, 2.24) is 0 Å². The minimum absolute atomic E-state index is 0.0548. The summed E-state index contributed by atoms with van der Waals surface area (Å²) in [5.74, 6) is -0.329. The summed E-state index contributed by atoms with van der Waals surface area (Å²) in [7, 11) is 3.26. The Bertz CT molecular complexity index is 427. The van der Waals surface area contributed by atoms with E-state index in [-0.39, 0.29) is 18.0 Å². The molecule has 5 heteroatoms. The minimum Gasteiger partial charge on any atom is -0.389 e. The van der Waals surface area contributed by atoms with Crippen molar-refractivity contribution in [3.05, 3.63) is 29.6 Å². The van der Waals surface area contributed by atoms with Gasteiger partial charge in [-0.25, -0.2) is 4.39 Å². The zero-order valence-electron chi connectivity index (χ0n) is 11.5. The topological polar surface area (TPSA) is 41.9 Å². The average molecular weight is 269 g/mol. The van der Waals surface area contributed by atoms with Gasteiger partial charge in [0.25, 0.3) is 0 Å². The predicted molar refractivity (Wildman–Crippen MR) is 70.8 cm³/mol. The fraction of sp³-hybridized carbons (Fsp3) is 0.571. The van der Waals surface area contributed by atoms with Crippen molar-refractivity contribution < 1.29 is 19.0 Å². The summed E-state index contributed by atoms with van der Waals surface area (Å²) < 4.78 is 24.8. The lowest BCUT2D eigenvalue weighted by Gasteiger charge is -2.19. The summed E-state index contributed by atoms with van der Waals surface area (Å²) in [6.45, 7) is 2.81. The van der Waals surface area contributed by atoms with Gasteiger partial charge in [0.05, 0.1) is 11.8 Å². The van der Waals surface area contributed by atoms with Crippen LogP contribution in [0.2, 0.25) is 0 Å². The number of ether oxygens (including phenoxy) is 2. The van der Waals surface area contributed by atoms with Crippen LogP contribution in [-0.4, -0.2) is 44.6 Å². The van der Waals surface area contributed by atoms with Crippen LogP contribution in [0.1, 0.15) is 18.6 Å². The highest BCUT2D eigenvalue weighted by Crippen LogP contribution is 2.28. The van der Waals surface area contributed by atoms with E-state index in [0.29, 0.717) is 24.3 Å². The van der Waals surface area contributed by atoms with Crippen LogP contribution in [0.5, 0.6) is 0 Å². The maximum absolute atomic E-state index is 14.1. The van der Waals surface area contributed by atoms with Gasteiger partial charge >= 0.3 is 0 Å². The first-order valence-corrected chi connectivity index (χ1v) is 6.35. The third-order valence-electron chi connectivity index (χ3n) is 3.62. The number of benzene rings is 1. The van der Waals surface area contributed by atoms with Gasteiger partial charge in [-0.05, 0) is 24.6 Å². The number of halogens is 1. The van der Waals surface area contributed by atoms with Crippen LogP contribution < -0.4 is 4.90 Å². The molecule has 0 saturated carbocycles. The minimum atomic E-state index is -0.666. The van der Waals surface area contributed by atoms with E-state index >= 15 is 0 Å². The van der Waals surface area contributed by atoms with Gasteiger partial charge in [-0.1, -0.05) is 6.07 Å². The van der Waals surface area contributed by atoms with E-state index in [9.17, 15) is 9.50 Å². The monoisotopic (exact) mass is 269 g/mol. The third-order valence-corrected chi connectivity index (χ3v) is 3.62.